The lowest BCUT2D eigenvalue weighted by Crippen LogP contribution is -2.62. The molecule has 4 rings (SSSR count). The number of anilines is 1. The second-order valence-corrected chi connectivity index (χ2v) is 16.5. The highest BCUT2D eigenvalue weighted by atomic mass is 16.2. The minimum Gasteiger partial charge on any atom is -0.369 e. The van der Waals surface area contributed by atoms with Crippen LogP contribution in [0.5, 0.6) is 0 Å². The smallest absolute Gasteiger partial charge is 0.315 e. The number of piperidine rings is 1. The minimum atomic E-state index is -1.04. The Morgan fingerprint density at radius 1 is 1.02 bits per heavy atom. The van der Waals surface area contributed by atoms with Crippen molar-refractivity contribution in [3.8, 4) is 0 Å². The minimum absolute atomic E-state index is 0.0777. The van der Waals surface area contributed by atoms with Crippen LogP contribution < -0.4 is 37.0 Å². The Morgan fingerprint density at radius 3 is 2.24 bits per heavy atom. The fourth-order valence-electron chi connectivity index (χ4n) is 8.26. The first-order valence-electron chi connectivity index (χ1n) is 18.5. The van der Waals surface area contributed by atoms with E-state index in [1.165, 1.54) is 6.08 Å². The van der Waals surface area contributed by atoms with Crippen LogP contribution >= 0.6 is 0 Å². The standard InChI is InChI=1S/C38H58N6O7/c1-10-15-24(31(46)34(49)39-18-11-2)40-33(48)29-26-23(38(26,7)8)19-44(29)35(50)27(22-16-13-12-14-17-22)42-36(51)41-25(37(4,5)6)20-43(9)28-21(3)30(45)32(28)47/h11,22-27,29H,2,10,12-20H2,1,3-9H3,(H,39,49)(H,40,48)(H2,41,42,51)/t23?,24?,25-,26+,27+,29+/m1/s1. The molecule has 2 unspecified atom stereocenters. The molecule has 2 aliphatic carbocycles. The summed E-state index contributed by atoms with van der Waals surface area (Å²) in [5.74, 6) is -2.53. The summed E-state index contributed by atoms with van der Waals surface area (Å²) in [7, 11) is 1.72. The van der Waals surface area contributed by atoms with Crippen LogP contribution in [0, 0.1) is 35.5 Å². The zero-order valence-electron chi connectivity index (χ0n) is 31.6. The Bertz CT molecular complexity index is 1580. The van der Waals surface area contributed by atoms with Crippen molar-refractivity contribution in [2.75, 3.05) is 31.6 Å². The van der Waals surface area contributed by atoms with Crippen LogP contribution in [0.3, 0.4) is 0 Å². The molecule has 5 amide bonds. The molecule has 51 heavy (non-hydrogen) atoms. The van der Waals surface area contributed by atoms with E-state index in [0.29, 0.717) is 24.2 Å². The van der Waals surface area contributed by atoms with E-state index in [1.807, 2.05) is 27.7 Å². The number of amides is 5. The number of carbonyl (C=O) groups is 5. The number of Topliss-reactive ketones (excluding diaryl/α,β-unsaturated/α-hetero) is 1. The molecule has 13 heteroatoms. The number of hydrogen-bond donors (Lipinski definition) is 4. The Hall–Kier alpha value is -4.03. The zero-order valence-corrected chi connectivity index (χ0v) is 31.6. The zero-order chi connectivity index (χ0) is 38.0. The summed E-state index contributed by atoms with van der Waals surface area (Å²) in [4.78, 5) is 95.5. The molecule has 13 nitrogen and oxygen atoms in total. The Balaban J connectivity index is 1.55. The van der Waals surface area contributed by atoms with Crippen LogP contribution in [0.4, 0.5) is 10.5 Å². The van der Waals surface area contributed by atoms with Crippen LogP contribution in [0.25, 0.3) is 0 Å². The van der Waals surface area contributed by atoms with Gasteiger partial charge < -0.3 is 31.1 Å². The van der Waals surface area contributed by atoms with Crippen molar-refractivity contribution in [3.05, 3.63) is 38.7 Å². The second kappa shape index (κ2) is 15.7. The van der Waals surface area contributed by atoms with Gasteiger partial charge in [0.25, 0.3) is 5.91 Å². The monoisotopic (exact) mass is 710 g/mol. The van der Waals surface area contributed by atoms with E-state index in [0.717, 1.165) is 32.1 Å². The number of carbonyl (C=O) groups excluding carboxylic acids is 5. The van der Waals surface area contributed by atoms with E-state index in [4.69, 9.17) is 0 Å². The molecular weight excluding hydrogens is 652 g/mol. The molecule has 0 radical (unpaired) electrons. The summed E-state index contributed by atoms with van der Waals surface area (Å²) in [6.45, 7) is 17.8. The van der Waals surface area contributed by atoms with E-state index in [2.05, 4.69) is 41.7 Å². The molecule has 1 saturated heterocycles. The van der Waals surface area contributed by atoms with E-state index in [9.17, 15) is 33.6 Å². The number of fused-ring (bicyclic) bond motifs is 1. The number of likely N-dealkylation sites (tertiary alicyclic amines) is 1. The fraction of sp³-hybridized carbons (Fsp3) is 0.711. The summed E-state index contributed by atoms with van der Waals surface area (Å²) in [5.41, 5.74) is -0.939. The van der Waals surface area contributed by atoms with Gasteiger partial charge in [-0.3, -0.25) is 28.8 Å². The number of hydrogen-bond acceptors (Lipinski definition) is 8. The summed E-state index contributed by atoms with van der Waals surface area (Å²) >= 11 is 0. The number of likely N-dealkylation sites (N-methyl/N-ethyl adjacent to an activating group) is 1. The maximum absolute atomic E-state index is 14.6. The van der Waals surface area contributed by atoms with Gasteiger partial charge in [0.05, 0.1) is 17.8 Å². The van der Waals surface area contributed by atoms with Crippen LogP contribution in [-0.2, 0) is 19.2 Å². The van der Waals surface area contributed by atoms with Crippen LogP contribution in [0.2, 0.25) is 0 Å². The lowest BCUT2D eigenvalue weighted by Gasteiger charge is -2.38. The van der Waals surface area contributed by atoms with Gasteiger partial charge in [-0.15, -0.1) is 6.58 Å². The summed E-state index contributed by atoms with van der Waals surface area (Å²) in [6.07, 6.45) is 6.67. The number of urea groups is 1. The van der Waals surface area contributed by atoms with Gasteiger partial charge in [0.15, 0.2) is 0 Å². The van der Waals surface area contributed by atoms with Gasteiger partial charge in [-0.25, -0.2) is 4.79 Å². The number of rotatable bonds is 15. The molecule has 6 atom stereocenters. The first-order chi connectivity index (χ1) is 23.9. The predicted octanol–water partition coefficient (Wildman–Crippen LogP) is 2.33. The lowest BCUT2D eigenvalue weighted by molar-refractivity contribution is -0.144. The van der Waals surface area contributed by atoms with Crippen LogP contribution in [0.15, 0.2) is 22.2 Å². The average Bonchev–Trinajstić information content (AvgIpc) is 3.38. The Morgan fingerprint density at radius 2 is 1.67 bits per heavy atom. The van der Waals surface area contributed by atoms with Gasteiger partial charge in [-0.2, -0.15) is 0 Å². The largest absolute Gasteiger partial charge is 0.369 e. The summed E-state index contributed by atoms with van der Waals surface area (Å²) in [6, 6.07) is -3.76. The van der Waals surface area contributed by atoms with Gasteiger partial charge in [0, 0.05) is 32.2 Å². The molecule has 2 saturated carbocycles. The highest BCUT2D eigenvalue weighted by Gasteiger charge is 2.69. The molecule has 1 aliphatic heterocycles. The molecular formula is C38H58N6O7. The van der Waals surface area contributed by atoms with Gasteiger partial charge in [-0.1, -0.05) is 73.3 Å². The maximum atomic E-state index is 14.6. The molecule has 1 aromatic carbocycles. The molecule has 3 fully saturated rings. The molecule has 282 valence electrons. The molecule has 3 aliphatic rings. The third-order valence-corrected chi connectivity index (χ3v) is 11.6. The van der Waals surface area contributed by atoms with E-state index in [1.54, 1.807) is 23.8 Å². The highest BCUT2D eigenvalue weighted by molar-refractivity contribution is 6.38. The van der Waals surface area contributed by atoms with Gasteiger partial charge in [0.1, 0.15) is 12.1 Å². The van der Waals surface area contributed by atoms with Crippen LogP contribution in [-0.4, -0.2) is 85.3 Å². The molecule has 1 heterocycles. The van der Waals surface area contributed by atoms with Crippen molar-refractivity contribution in [1.29, 1.82) is 0 Å². The third-order valence-electron chi connectivity index (χ3n) is 11.6. The quantitative estimate of drug-likeness (QED) is 0.159. The summed E-state index contributed by atoms with van der Waals surface area (Å²) < 4.78 is 0. The summed E-state index contributed by atoms with van der Waals surface area (Å²) in [5, 5.41) is 11.4. The molecule has 0 aromatic heterocycles. The van der Waals surface area contributed by atoms with Crippen molar-refractivity contribution in [2.45, 2.75) is 118 Å². The van der Waals surface area contributed by atoms with Crippen molar-refractivity contribution >= 4 is 35.2 Å². The number of nitrogens with one attached hydrogen (secondary N) is 4. The topological polar surface area (TPSA) is 174 Å². The van der Waals surface area contributed by atoms with Gasteiger partial charge in [0.2, 0.25) is 28.5 Å². The molecule has 4 N–H and O–H groups in total. The van der Waals surface area contributed by atoms with E-state index < -0.39 is 64.1 Å². The van der Waals surface area contributed by atoms with Gasteiger partial charge in [-0.05, 0) is 54.8 Å². The Labute approximate surface area is 301 Å². The van der Waals surface area contributed by atoms with E-state index >= 15 is 0 Å². The molecule has 1 aromatic rings. The molecule has 0 spiro atoms. The fourth-order valence-corrected chi connectivity index (χ4v) is 8.26. The lowest BCUT2D eigenvalue weighted by atomic mass is 9.83. The first kappa shape index (κ1) is 39.8. The SMILES string of the molecule is C=CCNC(=O)C(=O)C(CCC)NC(=O)[C@@H]1[C@@H]2C(CN1C(=O)[C@@H](NC(=O)N[C@H](CN(C)c1c(C)c(=O)c1=O)C(C)(C)C)C1CCCCC1)C2(C)C. The average molecular weight is 711 g/mol. The normalized spacial score (nSPS) is 23.0. The maximum Gasteiger partial charge on any atom is 0.315 e. The second-order valence-electron chi connectivity index (χ2n) is 16.5. The first-order valence-corrected chi connectivity index (χ1v) is 18.5. The third kappa shape index (κ3) is 8.38. The Kier molecular flexibility index (Phi) is 12.2. The van der Waals surface area contributed by atoms with Crippen molar-refractivity contribution in [1.82, 2.24) is 26.2 Å². The van der Waals surface area contributed by atoms with Crippen molar-refractivity contribution in [2.24, 2.45) is 28.6 Å². The highest BCUT2D eigenvalue weighted by Crippen LogP contribution is 2.65. The van der Waals surface area contributed by atoms with Crippen molar-refractivity contribution in [3.63, 3.8) is 0 Å². The van der Waals surface area contributed by atoms with Crippen molar-refractivity contribution < 1.29 is 24.0 Å². The van der Waals surface area contributed by atoms with Crippen LogP contribution in [0.1, 0.15) is 92.1 Å². The number of nitrogens with zero attached hydrogens (tertiary/aromatic N) is 2. The predicted molar refractivity (Wildman–Crippen MR) is 196 cm³/mol. The number of ketones is 1. The molecule has 0 bridgehead atoms. The van der Waals surface area contributed by atoms with E-state index in [-0.39, 0.29) is 48.6 Å². The van der Waals surface area contributed by atoms with Gasteiger partial charge >= 0.3 is 6.03 Å².